The SMILES string of the molecule is CNc1nc(-c2sc(CO)nc2CCOC)cs1. The highest BCUT2D eigenvalue weighted by Crippen LogP contribution is 2.32. The summed E-state index contributed by atoms with van der Waals surface area (Å²) in [5.74, 6) is 0. The quantitative estimate of drug-likeness (QED) is 0.849. The van der Waals surface area contributed by atoms with Gasteiger partial charge in [-0.05, 0) is 0 Å². The van der Waals surface area contributed by atoms with Crippen molar-refractivity contribution in [3.63, 3.8) is 0 Å². The number of aliphatic hydroxyl groups excluding tert-OH is 1. The van der Waals surface area contributed by atoms with Crippen molar-refractivity contribution in [2.45, 2.75) is 13.0 Å². The fourth-order valence-electron chi connectivity index (χ4n) is 1.53. The highest BCUT2D eigenvalue weighted by Gasteiger charge is 2.15. The second-order valence-electron chi connectivity index (χ2n) is 3.57. The number of hydrogen-bond donors (Lipinski definition) is 2. The van der Waals surface area contributed by atoms with E-state index in [1.807, 2.05) is 12.4 Å². The lowest BCUT2D eigenvalue weighted by Crippen LogP contribution is -1.97. The van der Waals surface area contributed by atoms with E-state index in [2.05, 4.69) is 15.3 Å². The summed E-state index contributed by atoms with van der Waals surface area (Å²) >= 11 is 3.04. The Bertz CT molecular complexity index is 510. The highest BCUT2D eigenvalue weighted by atomic mass is 32.1. The van der Waals surface area contributed by atoms with E-state index in [-0.39, 0.29) is 6.61 Å². The number of ether oxygens (including phenoxy) is 1. The van der Waals surface area contributed by atoms with Crippen LogP contribution in [0.1, 0.15) is 10.7 Å². The summed E-state index contributed by atoms with van der Waals surface area (Å²) in [6.07, 6.45) is 0.731. The molecular weight excluding hydrogens is 270 g/mol. The van der Waals surface area contributed by atoms with Crippen molar-refractivity contribution in [2.24, 2.45) is 0 Å². The van der Waals surface area contributed by atoms with Gasteiger partial charge >= 0.3 is 0 Å². The lowest BCUT2D eigenvalue weighted by Gasteiger charge is -1.98. The number of methoxy groups -OCH3 is 1. The Morgan fingerprint density at radius 2 is 2.28 bits per heavy atom. The summed E-state index contributed by atoms with van der Waals surface area (Å²) in [6.45, 7) is 0.582. The molecule has 0 radical (unpaired) electrons. The molecule has 0 atom stereocenters. The van der Waals surface area contributed by atoms with Gasteiger partial charge in [-0.25, -0.2) is 9.97 Å². The van der Waals surface area contributed by atoms with Crippen LogP contribution >= 0.6 is 22.7 Å². The Morgan fingerprint density at radius 1 is 1.44 bits per heavy atom. The van der Waals surface area contributed by atoms with Crippen LogP contribution in [0.4, 0.5) is 5.13 Å². The first-order valence-corrected chi connectivity index (χ1v) is 7.20. The minimum atomic E-state index is -0.0341. The molecule has 2 heterocycles. The third-order valence-corrected chi connectivity index (χ3v) is 4.34. The van der Waals surface area contributed by atoms with Gasteiger partial charge in [0.2, 0.25) is 0 Å². The minimum absolute atomic E-state index is 0.0341. The number of anilines is 1. The molecule has 98 valence electrons. The number of aromatic nitrogens is 2. The maximum Gasteiger partial charge on any atom is 0.182 e. The number of rotatable bonds is 6. The van der Waals surface area contributed by atoms with Crippen molar-refractivity contribution in [1.29, 1.82) is 0 Å². The normalized spacial score (nSPS) is 10.8. The van der Waals surface area contributed by atoms with Crippen LogP contribution in [-0.4, -0.2) is 35.8 Å². The maximum atomic E-state index is 9.19. The summed E-state index contributed by atoms with van der Waals surface area (Å²) in [7, 11) is 3.52. The minimum Gasteiger partial charge on any atom is -0.389 e. The largest absolute Gasteiger partial charge is 0.389 e. The van der Waals surface area contributed by atoms with Gasteiger partial charge in [0, 0.05) is 26.0 Å². The molecule has 0 bridgehead atoms. The number of hydrogen-bond acceptors (Lipinski definition) is 7. The van der Waals surface area contributed by atoms with Gasteiger partial charge in [0.1, 0.15) is 5.01 Å². The molecule has 0 amide bonds. The van der Waals surface area contributed by atoms with Gasteiger partial charge in [0.05, 0.1) is 29.5 Å². The van der Waals surface area contributed by atoms with Crippen LogP contribution in [0.3, 0.4) is 0 Å². The van der Waals surface area contributed by atoms with Crippen LogP contribution < -0.4 is 5.32 Å². The molecule has 0 aliphatic heterocycles. The topological polar surface area (TPSA) is 67.3 Å². The molecule has 2 aromatic heterocycles. The van der Waals surface area contributed by atoms with Crippen LogP contribution in [0.5, 0.6) is 0 Å². The van der Waals surface area contributed by atoms with Gasteiger partial charge < -0.3 is 15.2 Å². The molecule has 5 nitrogen and oxygen atoms in total. The molecule has 2 rings (SSSR count). The second-order valence-corrected chi connectivity index (χ2v) is 5.51. The van der Waals surface area contributed by atoms with Gasteiger partial charge in [0.25, 0.3) is 0 Å². The van der Waals surface area contributed by atoms with E-state index in [1.165, 1.54) is 11.3 Å². The molecule has 0 aromatic carbocycles. The first-order valence-electron chi connectivity index (χ1n) is 5.50. The Balaban J connectivity index is 2.31. The molecule has 0 saturated carbocycles. The lowest BCUT2D eigenvalue weighted by molar-refractivity contribution is 0.201. The Kier molecular flexibility index (Phi) is 4.65. The van der Waals surface area contributed by atoms with E-state index in [9.17, 15) is 5.11 Å². The second kappa shape index (κ2) is 6.24. The van der Waals surface area contributed by atoms with Gasteiger partial charge in [-0.2, -0.15) is 0 Å². The zero-order valence-electron chi connectivity index (χ0n) is 10.3. The standard InChI is InChI=1S/C11H15N3O2S2/c1-12-11-14-8(6-17-11)10-7(3-4-16-2)13-9(5-15)18-10/h6,15H,3-5H2,1-2H3,(H,12,14). The first-order chi connectivity index (χ1) is 8.78. The van der Waals surface area contributed by atoms with Gasteiger partial charge in [-0.15, -0.1) is 22.7 Å². The molecule has 0 unspecified atom stereocenters. The van der Waals surface area contributed by atoms with E-state index in [4.69, 9.17) is 4.74 Å². The van der Waals surface area contributed by atoms with Crippen molar-refractivity contribution < 1.29 is 9.84 Å². The van der Waals surface area contributed by atoms with E-state index in [1.54, 1.807) is 18.4 Å². The average Bonchev–Trinajstić information content (AvgIpc) is 3.02. The number of thiazole rings is 2. The predicted octanol–water partition coefficient (Wildman–Crippen LogP) is 1.99. The van der Waals surface area contributed by atoms with E-state index in [0.29, 0.717) is 6.61 Å². The monoisotopic (exact) mass is 285 g/mol. The zero-order chi connectivity index (χ0) is 13.0. The third kappa shape index (κ3) is 2.86. The number of aliphatic hydroxyl groups is 1. The zero-order valence-corrected chi connectivity index (χ0v) is 11.9. The Morgan fingerprint density at radius 3 is 2.89 bits per heavy atom. The first kappa shape index (κ1) is 13.4. The molecular formula is C11H15N3O2S2. The van der Waals surface area contributed by atoms with Crippen molar-refractivity contribution in [2.75, 3.05) is 26.1 Å². The van der Waals surface area contributed by atoms with Gasteiger partial charge in [0.15, 0.2) is 5.13 Å². The molecule has 0 aliphatic rings. The van der Waals surface area contributed by atoms with E-state index < -0.39 is 0 Å². The van der Waals surface area contributed by atoms with Crippen LogP contribution in [0.15, 0.2) is 5.38 Å². The van der Waals surface area contributed by atoms with Crippen LogP contribution in [0.25, 0.3) is 10.6 Å². The summed E-state index contributed by atoms with van der Waals surface area (Å²) in [5, 5.41) is 15.8. The molecule has 0 saturated heterocycles. The fourth-order valence-corrected chi connectivity index (χ4v) is 3.20. The number of nitrogens with zero attached hydrogens (tertiary/aromatic N) is 2. The van der Waals surface area contributed by atoms with E-state index in [0.717, 1.165) is 32.8 Å². The van der Waals surface area contributed by atoms with Crippen LogP contribution in [-0.2, 0) is 17.8 Å². The summed E-state index contributed by atoms with van der Waals surface area (Å²) < 4.78 is 5.08. The molecule has 2 N–H and O–H groups in total. The van der Waals surface area contributed by atoms with Crippen LogP contribution in [0.2, 0.25) is 0 Å². The molecule has 0 fully saturated rings. The Hall–Kier alpha value is -1.02. The lowest BCUT2D eigenvalue weighted by atomic mass is 10.2. The highest BCUT2D eigenvalue weighted by molar-refractivity contribution is 7.16. The molecule has 0 spiro atoms. The maximum absolute atomic E-state index is 9.19. The third-order valence-electron chi connectivity index (χ3n) is 2.37. The van der Waals surface area contributed by atoms with Gasteiger partial charge in [-0.1, -0.05) is 0 Å². The van der Waals surface area contributed by atoms with E-state index >= 15 is 0 Å². The van der Waals surface area contributed by atoms with Crippen LogP contribution in [0, 0.1) is 0 Å². The van der Waals surface area contributed by atoms with Crippen molar-refractivity contribution in [3.8, 4) is 10.6 Å². The van der Waals surface area contributed by atoms with Crippen molar-refractivity contribution in [3.05, 3.63) is 16.1 Å². The predicted molar refractivity (Wildman–Crippen MR) is 74.3 cm³/mol. The molecule has 2 aromatic rings. The fraction of sp³-hybridized carbons (Fsp3) is 0.455. The molecule has 0 aliphatic carbocycles. The smallest absolute Gasteiger partial charge is 0.182 e. The van der Waals surface area contributed by atoms with Gasteiger partial charge in [-0.3, -0.25) is 0 Å². The van der Waals surface area contributed by atoms with Crippen molar-refractivity contribution >= 4 is 27.8 Å². The summed E-state index contributed by atoms with van der Waals surface area (Å²) in [6, 6.07) is 0. The number of nitrogens with one attached hydrogen (secondary N) is 1. The Labute approximate surface area is 113 Å². The molecule has 7 heteroatoms. The summed E-state index contributed by atoms with van der Waals surface area (Å²) in [5.41, 5.74) is 1.85. The molecule has 18 heavy (non-hydrogen) atoms. The van der Waals surface area contributed by atoms with Crippen molar-refractivity contribution in [1.82, 2.24) is 9.97 Å². The summed E-state index contributed by atoms with van der Waals surface area (Å²) in [4.78, 5) is 9.90. The average molecular weight is 285 g/mol.